The number of imidazole rings is 1. The number of hydrogen-bond donors (Lipinski definition) is 2. The smallest absolute Gasteiger partial charge is 0.199 e. The number of nitrogens with one attached hydrogen (secondary N) is 1. The number of nitrogens with zero attached hydrogens (tertiary/aromatic N) is 1. The Kier molecular flexibility index (Phi) is 2.13. The molecule has 0 bridgehead atoms. The van der Waals surface area contributed by atoms with E-state index < -0.39 is 0 Å². The predicted molar refractivity (Wildman–Crippen MR) is 53.4 cm³/mol. The second-order valence-electron chi connectivity index (χ2n) is 2.76. The highest BCUT2D eigenvalue weighted by atomic mass is 35.5. The number of benzene rings is 1. The topological polar surface area (TPSA) is 54.7 Å². The van der Waals surface area contributed by atoms with Gasteiger partial charge in [0.15, 0.2) is 5.95 Å². The van der Waals surface area contributed by atoms with Crippen LogP contribution in [0.4, 0.5) is 10.3 Å². The van der Waals surface area contributed by atoms with Crippen LogP contribution in [0.1, 0.15) is 0 Å². The van der Waals surface area contributed by atoms with Crippen molar-refractivity contribution < 1.29 is 4.39 Å². The number of halogens is 2. The number of aromatic nitrogens is 2. The first-order chi connectivity index (χ1) is 6.68. The van der Waals surface area contributed by atoms with Gasteiger partial charge in [-0.15, -0.1) is 0 Å². The normalized spacial score (nSPS) is 10.4. The van der Waals surface area contributed by atoms with Crippen LogP contribution in [0.5, 0.6) is 0 Å². The fourth-order valence-electron chi connectivity index (χ4n) is 1.20. The zero-order valence-corrected chi connectivity index (χ0v) is 7.85. The highest BCUT2D eigenvalue weighted by Gasteiger charge is 2.12. The molecule has 0 saturated carbocycles. The molecule has 0 unspecified atom stereocenters. The summed E-state index contributed by atoms with van der Waals surface area (Å²) in [5.41, 5.74) is 6.07. The van der Waals surface area contributed by atoms with Gasteiger partial charge in [-0.25, -0.2) is 9.37 Å². The van der Waals surface area contributed by atoms with E-state index in [0.29, 0.717) is 11.3 Å². The second kappa shape index (κ2) is 3.31. The molecule has 0 saturated heterocycles. The standard InChI is InChI=1S/C9H7ClFN3/c10-8-7(13-9(12)14-8)5-3-1-2-4-6(5)11/h1-4H,(H3,12,13,14). The molecule has 0 fully saturated rings. The number of H-pyrrole nitrogens is 1. The lowest BCUT2D eigenvalue weighted by molar-refractivity contribution is 0.631. The number of anilines is 1. The number of hydrogen-bond acceptors (Lipinski definition) is 2. The molecule has 2 aromatic rings. The average molecular weight is 212 g/mol. The van der Waals surface area contributed by atoms with Crippen molar-refractivity contribution in [2.75, 3.05) is 5.73 Å². The van der Waals surface area contributed by atoms with Crippen molar-refractivity contribution in [3.8, 4) is 11.3 Å². The monoisotopic (exact) mass is 211 g/mol. The molecule has 1 aromatic heterocycles. The van der Waals surface area contributed by atoms with E-state index in [1.54, 1.807) is 18.2 Å². The molecule has 0 radical (unpaired) electrons. The van der Waals surface area contributed by atoms with E-state index in [9.17, 15) is 4.39 Å². The lowest BCUT2D eigenvalue weighted by atomic mass is 10.1. The summed E-state index contributed by atoms with van der Waals surface area (Å²) in [6.07, 6.45) is 0. The molecule has 0 amide bonds. The van der Waals surface area contributed by atoms with Crippen LogP contribution in [-0.2, 0) is 0 Å². The Bertz CT molecular complexity index is 467. The van der Waals surface area contributed by atoms with Crippen molar-refractivity contribution in [2.24, 2.45) is 0 Å². The summed E-state index contributed by atoms with van der Waals surface area (Å²) in [4.78, 5) is 6.49. The molecule has 0 spiro atoms. The molecule has 2 rings (SSSR count). The van der Waals surface area contributed by atoms with Gasteiger partial charge in [0, 0.05) is 5.56 Å². The Labute approximate surface area is 84.7 Å². The van der Waals surface area contributed by atoms with Gasteiger partial charge in [0.2, 0.25) is 0 Å². The Hall–Kier alpha value is -1.55. The summed E-state index contributed by atoms with van der Waals surface area (Å²) in [5, 5.41) is 0.243. The van der Waals surface area contributed by atoms with E-state index in [0.717, 1.165) is 0 Å². The third-order valence-electron chi connectivity index (χ3n) is 1.81. The van der Waals surface area contributed by atoms with Gasteiger partial charge in [-0.1, -0.05) is 23.7 Å². The predicted octanol–water partition coefficient (Wildman–Crippen LogP) is 2.45. The van der Waals surface area contributed by atoms with E-state index in [-0.39, 0.29) is 16.9 Å². The van der Waals surface area contributed by atoms with Gasteiger partial charge >= 0.3 is 0 Å². The molecular weight excluding hydrogens is 205 g/mol. The van der Waals surface area contributed by atoms with Crippen molar-refractivity contribution in [1.29, 1.82) is 0 Å². The average Bonchev–Trinajstić information content (AvgIpc) is 2.46. The third-order valence-corrected chi connectivity index (χ3v) is 2.08. The molecule has 0 aliphatic heterocycles. The zero-order chi connectivity index (χ0) is 10.1. The van der Waals surface area contributed by atoms with E-state index in [1.165, 1.54) is 6.07 Å². The van der Waals surface area contributed by atoms with Crippen LogP contribution in [0.25, 0.3) is 11.3 Å². The molecule has 1 heterocycles. The Morgan fingerprint density at radius 1 is 1.36 bits per heavy atom. The minimum atomic E-state index is -0.374. The quantitative estimate of drug-likeness (QED) is 0.761. The van der Waals surface area contributed by atoms with Crippen LogP contribution >= 0.6 is 11.6 Å². The zero-order valence-electron chi connectivity index (χ0n) is 7.09. The summed E-state index contributed by atoms with van der Waals surface area (Å²) in [6, 6.07) is 6.25. The molecule has 0 aliphatic carbocycles. The number of nitrogens with two attached hydrogens (primary N) is 1. The Morgan fingerprint density at radius 2 is 2.07 bits per heavy atom. The maximum absolute atomic E-state index is 13.3. The minimum Gasteiger partial charge on any atom is -0.369 e. The number of aromatic amines is 1. The second-order valence-corrected chi connectivity index (χ2v) is 3.14. The molecular formula is C9H7ClFN3. The van der Waals surface area contributed by atoms with Gasteiger partial charge in [0.1, 0.15) is 16.7 Å². The molecule has 3 nitrogen and oxygen atoms in total. The van der Waals surface area contributed by atoms with Gasteiger partial charge in [-0.3, -0.25) is 0 Å². The molecule has 0 aliphatic rings. The Balaban J connectivity index is 2.60. The summed E-state index contributed by atoms with van der Waals surface area (Å²) in [5.74, 6) is -0.200. The molecule has 14 heavy (non-hydrogen) atoms. The molecule has 3 N–H and O–H groups in total. The van der Waals surface area contributed by atoms with Gasteiger partial charge in [0.25, 0.3) is 0 Å². The highest BCUT2D eigenvalue weighted by Crippen LogP contribution is 2.27. The first kappa shape index (κ1) is 9.02. The molecule has 1 aromatic carbocycles. The number of rotatable bonds is 1. The van der Waals surface area contributed by atoms with E-state index in [1.807, 2.05) is 0 Å². The van der Waals surface area contributed by atoms with Crippen LogP contribution in [0.15, 0.2) is 24.3 Å². The van der Waals surface area contributed by atoms with Crippen molar-refractivity contribution in [3.63, 3.8) is 0 Å². The van der Waals surface area contributed by atoms with Gasteiger partial charge in [-0.05, 0) is 12.1 Å². The van der Waals surface area contributed by atoms with Gasteiger partial charge in [-0.2, -0.15) is 0 Å². The maximum Gasteiger partial charge on any atom is 0.199 e. The fourth-order valence-corrected chi connectivity index (χ4v) is 1.44. The highest BCUT2D eigenvalue weighted by molar-refractivity contribution is 6.32. The van der Waals surface area contributed by atoms with Crippen LogP contribution in [0.2, 0.25) is 5.15 Å². The van der Waals surface area contributed by atoms with E-state index in [2.05, 4.69) is 9.97 Å². The summed E-state index contributed by atoms with van der Waals surface area (Å²) in [6.45, 7) is 0. The van der Waals surface area contributed by atoms with Crippen LogP contribution in [0, 0.1) is 5.82 Å². The van der Waals surface area contributed by atoms with Crippen molar-refractivity contribution in [2.45, 2.75) is 0 Å². The first-order valence-corrected chi connectivity index (χ1v) is 4.32. The van der Waals surface area contributed by atoms with Crippen molar-refractivity contribution >= 4 is 17.5 Å². The van der Waals surface area contributed by atoms with Crippen molar-refractivity contribution in [1.82, 2.24) is 9.97 Å². The van der Waals surface area contributed by atoms with E-state index >= 15 is 0 Å². The van der Waals surface area contributed by atoms with Crippen molar-refractivity contribution in [3.05, 3.63) is 35.2 Å². The lowest BCUT2D eigenvalue weighted by Gasteiger charge is -1.98. The SMILES string of the molecule is Nc1nc(-c2ccccc2F)c(Cl)[nH]1. The van der Waals surface area contributed by atoms with Gasteiger partial charge < -0.3 is 10.7 Å². The number of nitrogen functional groups attached to an aromatic ring is 1. The first-order valence-electron chi connectivity index (χ1n) is 3.94. The molecule has 5 heteroatoms. The van der Waals surface area contributed by atoms with Crippen LogP contribution in [0.3, 0.4) is 0 Å². The molecule has 72 valence electrons. The maximum atomic E-state index is 13.3. The fraction of sp³-hybridized carbons (Fsp3) is 0. The summed E-state index contributed by atoms with van der Waals surface area (Å²) in [7, 11) is 0. The Morgan fingerprint density at radius 3 is 2.64 bits per heavy atom. The van der Waals surface area contributed by atoms with Crippen LogP contribution in [-0.4, -0.2) is 9.97 Å². The lowest BCUT2D eigenvalue weighted by Crippen LogP contribution is -1.87. The summed E-state index contributed by atoms with van der Waals surface area (Å²) >= 11 is 5.79. The van der Waals surface area contributed by atoms with Crippen LogP contribution < -0.4 is 5.73 Å². The van der Waals surface area contributed by atoms with Gasteiger partial charge in [0.05, 0.1) is 0 Å². The van der Waals surface area contributed by atoms with E-state index in [4.69, 9.17) is 17.3 Å². The minimum absolute atomic E-state index is 0.174. The molecule has 0 atom stereocenters. The third kappa shape index (κ3) is 1.44. The summed E-state index contributed by atoms with van der Waals surface area (Å²) < 4.78 is 13.3. The largest absolute Gasteiger partial charge is 0.369 e.